The molecule has 0 spiro atoms. The Kier molecular flexibility index (Phi) is 4.77. The molecule has 2 rings (SSSR count). The van der Waals surface area contributed by atoms with Crippen molar-refractivity contribution < 1.29 is 18.7 Å². The Balaban J connectivity index is 1.96. The van der Waals surface area contributed by atoms with Crippen molar-refractivity contribution in [2.75, 3.05) is 12.4 Å². The van der Waals surface area contributed by atoms with Gasteiger partial charge < -0.3 is 14.5 Å². The average Bonchev–Trinajstić information content (AvgIpc) is 3.02. The molecule has 0 aliphatic carbocycles. The maximum absolute atomic E-state index is 11.8. The predicted molar refractivity (Wildman–Crippen MR) is 78.0 cm³/mol. The summed E-state index contributed by atoms with van der Waals surface area (Å²) in [4.78, 5) is 23.2. The SMILES string of the molecule is COC(=O)[C@@H](C)Cc1ccc(NC(=O)c2ccoc2)cc1. The van der Waals surface area contributed by atoms with E-state index < -0.39 is 0 Å². The molecular weight excluding hydrogens is 270 g/mol. The van der Waals surface area contributed by atoms with Crippen LogP contribution < -0.4 is 5.32 Å². The van der Waals surface area contributed by atoms with Crippen molar-refractivity contribution in [3.63, 3.8) is 0 Å². The van der Waals surface area contributed by atoms with Gasteiger partial charge in [-0.05, 0) is 30.2 Å². The van der Waals surface area contributed by atoms with Crippen LogP contribution in [0.25, 0.3) is 0 Å². The lowest BCUT2D eigenvalue weighted by atomic mass is 10.0. The Bertz CT molecular complexity index is 602. The number of benzene rings is 1. The van der Waals surface area contributed by atoms with E-state index in [0.29, 0.717) is 17.7 Å². The maximum atomic E-state index is 11.8. The van der Waals surface area contributed by atoms with Crippen LogP contribution in [0.4, 0.5) is 5.69 Å². The number of nitrogens with one attached hydrogen (secondary N) is 1. The largest absolute Gasteiger partial charge is 0.472 e. The van der Waals surface area contributed by atoms with Crippen molar-refractivity contribution in [3.8, 4) is 0 Å². The number of rotatable bonds is 5. The van der Waals surface area contributed by atoms with Gasteiger partial charge in [-0.2, -0.15) is 0 Å². The lowest BCUT2D eigenvalue weighted by molar-refractivity contribution is -0.144. The van der Waals surface area contributed by atoms with Crippen LogP contribution in [0.1, 0.15) is 22.8 Å². The molecule has 0 fully saturated rings. The number of carbonyl (C=O) groups excluding carboxylic acids is 2. The molecule has 0 radical (unpaired) electrons. The van der Waals surface area contributed by atoms with E-state index in [1.54, 1.807) is 18.2 Å². The first-order valence-electron chi connectivity index (χ1n) is 6.60. The minimum absolute atomic E-state index is 0.193. The smallest absolute Gasteiger partial charge is 0.308 e. The summed E-state index contributed by atoms with van der Waals surface area (Å²) in [7, 11) is 1.38. The quantitative estimate of drug-likeness (QED) is 0.858. The lowest BCUT2D eigenvalue weighted by Gasteiger charge is -2.10. The monoisotopic (exact) mass is 287 g/mol. The number of ether oxygens (including phenoxy) is 1. The van der Waals surface area contributed by atoms with E-state index >= 15 is 0 Å². The standard InChI is InChI=1S/C16H17NO4/c1-11(16(19)20-2)9-12-3-5-14(6-4-12)17-15(18)13-7-8-21-10-13/h3-8,10-11H,9H2,1-2H3,(H,17,18)/t11-/m0/s1. The molecule has 5 nitrogen and oxygen atoms in total. The van der Waals surface area contributed by atoms with Crippen LogP contribution in [0.2, 0.25) is 0 Å². The molecule has 1 atom stereocenters. The zero-order valence-corrected chi connectivity index (χ0v) is 12.0. The fraction of sp³-hybridized carbons (Fsp3) is 0.250. The second kappa shape index (κ2) is 6.74. The molecule has 110 valence electrons. The zero-order valence-electron chi connectivity index (χ0n) is 12.0. The van der Waals surface area contributed by atoms with Crippen molar-refractivity contribution >= 4 is 17.6 Å². The number of amides is 1. The number of hydrogen-bond donors (Lipinski definition) is 1. The van der Waals surface area contributed by atoms with Crippen molar-refractivity contribution in [1.29, 1.82) is 0 Å². The number of carbonyl (C=O) groups is 2. The first-order chi connectivity index (χ1) is 10.1. The summed E-state index contributed by atoms with van der Waals surface area (Å²) < 4.78 is 9.56. The molecule has 21 heavy (non-hydrogen) atoms. The lowest BCUT2D eigenvalue weighted by Crippen LogP contribution is -2.15. The Morgan fingerprint density at radius 2 is 1.95 bits per heavy atom. The number of anilines is 1. The highest BCUT2D eigenvalue weighted by molar-refractivity contribution is 6.03. The Morgan fingerprint density at radius 3 is 2.52 bits per heavy atom. The highest BCUT2D eigenvalue weighted by Crippen LogP contribution is 2.15. The highest BCUT2D eigenvalue weighted by Gasteiger charge is 2.13. The van der Waals surface area contributed by atoms with E-state index in [0.717, 1.165) is 5.56 Å². The van der Waals surface area contributed by atoms with Crippen LogP contribution in [-0.2, 0) is 16.0 Å². The Morgan fingerprint density at radius 1 is 1.24 bits per heavy atom. The summed E-state index contributed by atoms with van der Waals surface area (Å²) in [5.41, 5.74) is 2.17. The van der Waals surface area contributed by atoms with E-state index in [9.17, 15) is 9.59 Å². The number of furan rings is 1. The second-order valence-corrected chi connectivity index (χ2v) is 4.79. The highest BCUT2D eigenvalue weighted by atomic mass is 16.5. The van der Waals surface area contributed by atoms with Gasteiger partial charge in [0.2, 0.25) is 0 Å². The van der Waals surface area contributed by atoms with Crippen LogP contribution >= 0.6 is 0 Å². The average molecular weight is 287 g/mol. The molecule has 1 N–H and O–H groups in total. The molecule has 1 heterocycles. The first-order valence-corrected chi connectivity index (χ1v) is 6.60. The number of esters is 1. The molecule has 0 aliphatic heterocycles. The number of methoxy groups -OCH3 is 1. The fourth-order valence-electron chi connectivity index (χ4n) is 1.96. The van der Waals surface area contributed by atoms with E-state index in [1.165, 1.54) is 19.6 Å². The van der Waals surface area contributed by atoms with E-state index in [2.05, 4.69) is 5.32 Å². The second-order valence-electron chi connectivity index (χ2n) is 4.79. The summed E-state index contributed by atoms with van der Waals surface area (Å²) in [6.45, 7) is 1.82. The van der Waals surface area contributed by atoms with Gasteiger partial charge in [0.05, 0.1) is 24.9 Å². The molecule has 0 saturated carbocycles. The van der Waals surface area contributed by atoms with E-state index in [4.69, 9.17) is 9.15 Å². The number of hydrogen-bond acceptors (Lipinski definition) is 4. The predicted octanol–water partition coefficient (Wildman–Crippen LogP) is 2.88. The molecule has 0 unspecified atom stereocenters. The minimum atomic E-state index is -0.229. The summed E-state index contributed by atoms with van der Waals surface area (Å²) in [6, 6.07) is 8.96. The van der Waals surface area contributed by atoms with E-state index in [-0.39, 0.29) is 17.8 Å². The van der Waals surface area contributed by atoms with Gasteiger partial charge >= 0.3 is 5.97 Å². The van der Waals surface area contributed by atoms with Gasteiger partial charge in [0.25, 0.3) is 5.91 Å². The van der Waals surface area contributed by atoms with Gasteiger partial charge in [-0.25, -0.2) is 0 Å². The summed E-state index contributed by atoms with van der Waals surface area (Å²) >= 11 is 0. The third-order valence-corrected chi connectivity index (χ3v) is 3.14. The molecule has 2 aromatic rings. The van der Waals surface area contributed by atoms with Gasteiger partial charge in [0, 0.05) is 5.69 Å². The fourth-order valence-corrected chi connectivity index (χ4v) is 1.96. The van der Waals surface area contributed by atoms with Crippen LogP contribution in [-0.4, -0.2) is 19.0 Å². The van der Waals surface area contributed by atoms with Gasteiger partial charge in [-0.1, -0.05) is 19.1 Å². The van der Waals surface area contributed by atoms with Crippen LogP contribution in [0, 0.1) is 5.92 Å². The van der Waals surface area contributed by atoms with Gasteiger partial charge in [-0.15, -0.1) is 0 Å². The van der Waals surface area contributed by atoms with Gasteiger partial charge in [0.1, 0.15) is 6.26 Å². The van der Waals surface area contributed by atoms with Gasteiger partial charge in [-0.3, -0.25) is 9.59 Å². The molecule has 1 aromatic heterocycles. The zero-order chi connectivity index (χ0) is 15.2. The van der Waals surface area contributed by atoms with Crippen molar-refractivity contribution in [3.05, 3.63) is 54.0 Å². The van der Waals surface area contributed by atoms with Gasteiger partial charge in [0.15, 0.2) is 0 Å². The van der Waals surface area contributed by atoms with Crippen molar-refractivity contribution in [2.24, 2.45) is 5.92 Å². The van der Waals surface area contributed by atoms with Crippen LogP contribution in [0.3, 0.4) is 0 Å². The third kappa shape index (κ3) is 3.95. The maximum Gasteiger partial charge on any atom is 0.308 e. The van der Waals surface area contributed by atoms with Crippen molar-refractivity contribution in [1.82, 2.24) is 0 Å². The Labute approximate surface area is 122 Å². The molecule has 5 heteroatoms. The topological polar surface area (TPSA) is 68.5 Å². The molecule has 0 bridgehead atoms. The third-order valence-electron chi connectivity index (χ3n) is 3.14. The molecular formula is C16H17NO4. The molecule has 1 amide bonds. The van der Waals surface area contributed by atoms with E-state index in [1.807, 2.05) is 19.1 Å². The normalized spacial score (nSPS) is 11.7. The molecule has 1 aromatic carbocycles. The molecule has 0 saturated heterocycles. The summed E-state index contributed by atoms with van der Waals surface area (Å²) in [5.74, 6) is -0.645. The van der Waals surface area contributed by atoms with Crippen LogP contribution in [0.15, 0.2) is 47.3 Å². The Hall–Kier alpha value is -2.56. The summed E-state index contributed by atoms with van der Waals surface area (Å²) in [6.07, 6.45) is 3.44. The molecule has 0 aliphatic rings. The summed E-state index contributed by atoms with van der Waals surface area (Å²) in [5, 5.41) is 2.77. The first kappa shape index (κ1) is 14.8. The van der Waals surface area contributed by atoms with Crippen LogP contribution in [0.5, 0.6) is 0 Å². The van der Waals surface area contributed by atoms with Crippen molar-refractivity contribution in [2.45, 2.75) is 13.3 Å². The minimum Gasteiger partial charge on any atom is -0.472 e.